The minimum Gasteiger partial charge on any atom is -0.490 e. The molecule has 1 saturated carbocycles. The Hall–Kier alpha value is -2.01. The van der Waals surface area contributed by atoms with Crippen LogP contribution in [-0.4, -0.2) is 58.1 Å². The lowest BCUT2D eigenvalue weighted by molar-refractivity contribution is 0.0606. The van der Waals surface area contributed by atoms with Crippen LogP contribution in [0, 0.1) is 5.92 Å². The van der Waals surface area contributed by atoms with E-state index in [4.69, 9.17) is 4.74 Å². The highest BCUT2D eigenvalue weighted by atomic mass is 16.5. The first-order valence-electron chi connectivity index (χ1n) is 11.3. The maximum absolute atomic E-state index is 13.1. The van der Waals surface area contributed by atoms with Crippen molar-refractivity contribution >= 4 is 16.8 Å². The molecule has 0 unspecified atom stereocenters. The topological polar surface area (TPSA) is 37.7 Å². The van der Waals surface area contributed by atoms with Crippen LogP contribution in [0.5, 0.6) is 5.75 Å². The molecule has 5 rings (SSSR count). The highest BCUT2D eigenvalue weighted by Gasteiger charge is 2.35. The zero-order valence-electron chi connectivity index (χ0n) is 17.9. The summed E-state index contributed by atoms with van der Waals surface area (Å²) < 4.78 is 8.53. The number of carbonyl (C=O) groups excluding carboxylic acids is 1. The Morgan fingerprint density at radius 3 is 2.55 bits per heavy atom. The Morgan fingerprint density at radius 2 is 1.86 bits per heavy atom. The van der Waals surface area contributed by atoms with Gasteiger partial charge in [0.1, 0.15) is 17.5 Å². The molecule has 29 heavy (non-hydrogen) atoms. The first kappa shape index (κ1) is 19.0. The summed E-state index contributed by atoms with van der Waals surface area (Å²) in [5.41, 5.74) is 1.98. The van der Waals surface area contributed by atoms with Gasteiger partial charge in [-0.05, 0) is 76.6 Å². The van der Waals surface area contributed by atoms with Crippen LogP contribution in [0.15, 0.2) is 24.3 Å². The van der Waals surface area contributed by atoms with E-state index in [0.29, 0.717) is 6.04 Å². The fourth-order valence-corrected chi connectivity index (χ4v) is 4.95. The van der Waals surface area contributed by atoms with Crippen molar-refractivity contribution in [1.82, 2.24) is 14.4 Å². The van der Waals surface area contributed by atoms with Gasteiger partial charge in [0.15, 0.2) is 0 Å². The maximum atomic E-state index is 13.1. The number of piperidine rings is 1. The number of rotatable bonds is 5. The Bertz CT molecular complexity index is 906. The molecule has 2 aliphatic heterocycles. The molecule has 1 aromatic carbocycles. The molecule has 0 radical (unpaired) electrons. The smallest absolute Gasteiger partial charge is 0.270 e. The van der Waals surface area contributed by atoms with Crippen molar-refractivity contribution in [3.05, 3.63) is 30.0 Å². The third kappa shape index (κ3) is 3.65. The lowest BCUT2D eigenvalue weighted by Gasteiger charge is -2.35. The standard InChI is InChI=1S/C24H33N3O2/c1-16(2)25-10-8-20(9-11-25)29-21-6-7-22-19(12-21)13-23-24(28)26(15-18-4-5-18)17(3)14-27(22)23/h6-7,12-13,16-18,20H,4-5,8-11,14-15H2,1-3H3/t17-/m0/s1. The maximum Gasteiger partial charge on any atom is 0.270 e. The van der Waals surface area contributed by atoms with Crippen LogP contribution in [0.3, 0.4) is 0 Å². The summed E-state index contributed by atoms with van der Waals surface area (Å²) in [6.45, 7) is 10.7. The number of nitrogens with zero attached hydrogens (tertiary/aromatic N) is 3. The van der Waals surface area contributed by atoms with Crippen molar-refractivity contribution in [2.24, 2.45) is 5.92 Å². The van der Waals surface area contributed by atoms with Gasteiger partial charge in [0.2, 0.25) is 0 Å². The molecule has 2 fully saturated rings. The number of hydrogen-bond donors (Lipinski definition) is 0. The summed E-state index contributed by atoms with van der Waals surface area (Å²) in [6, 6.07) is 9.27. The summed E-state index contributed by atoms with van der Waals surface area (Å²) in [7, 11) is 0. The summed E-state index contributed by atoms with van der Waals surface area (Å²) in [4.78, 5) is 17.7. The van der Waals surface area contributed by atoms with Crippen LogP contribution in [0.4, 0.5) is 0 Å². The predicted octanol–water partition coefficient (Wildman–Crippen LogP) is 4.15. The SMILES string of the molecule is CC(C)N1CCC(Oc2ccc3c(c2)cc2n3C[C@H](C)N(CC3CC3)C2=O)CC1. The van der Waals surface area contributed by atoms with Gasteiger partial charge in [-0.1, -0.05) is 0 Å². The quantitative estimate of drug-likeness (QED) is 0.763. The molecule has 0 bridgehead atoms. The van der Waals surface area contributed by atoms with E-state index in [9.17, 15) is 4.79 Å². The second-order valence-electron chi connectivity index (χ2n) is 9.56. The molecule has 2 aromatic rings. The molecule has 1 saturated heterocycles. The highest BCUT2D eigenvalue weighted by molar-refractivity contribution is 6.00. The zero-order valence-corrected chi connectivity index (χ0v) is 17.9. The molecule has 1 amide bonds. The summed E-state index contributed by atoms with van der Waals surface area (Å²) in [5, 5.41) is 1.12. The normalized spacial score (nSPS) is 23.8. The van der Waals surface area contributed by atoms with Gasteiger partial charge in [0.05, 0.1) is 0 Å². The lowest BCUT2D eigenvalue weighted by Crippen LogP contribution is -2.47. The zero-order chi connectivity index (χ0) is 20.1. The predicted molar refractivity (Wildman–Crippen MR) is 116 cm³/mol. The van der Waals surface area contributed by atoms with Crippen molar-refractivity contribution in [1.29, 1.82) is 0 Å². The van der Waals surface area contributed by atoms with Gasteiger partial charge < -0.3 is 19.1 Å². The molecule has 1 aliphatic carbocycles. The minimum absolute atomic E-state index is 0.190. The molecule has 156 valence electrons. The minimum atomic E-state index is 0.190. The van der Waals surface area contributed by atoms with Gasteiger partial charge in [-0.15, -0.1) is 0 Å². The number of aromatic nitrogens is 1. The number of ether oxygens (including phenoxy) is 1. The van der Waals surface area contributed by atoms with Crippen LogP contribution in [0.2, 0.25) is 0 Å². The molecule has 1 atom stereocenters. The van der Waals surface area contributed by atoms with Gasteiger partial charge in [-0.25, -0.2) is 0 Å². The molecule has 0 N–H and O–H groups in total. The van der Waals surface area contributed by atoms with Crippen molar-refractivity contribution in [3.63, 3.8) is 0 Å². The van der Waals surface area contributed by atoms with Crippen LogP contribution in [-0.2, 0) is 6.54 Å². The van der Waals surface area contributed by atoms with Gasteiger partial charge in [-0.3, -0.25) is 4.79 Å². The van der Waals surface area contributed by atoms with Crippen molar-refractivity contribution < 1.29 is 9.53 Å². The summed E-state index contributed by atoms with van der Waals surface area (Å²) in [6.07, 6.45) is 4.99. The fourth-order valence-electron chi connectivity index (χ4n) is 4.95. The Balaban J connectivity index is 1.34. The van der Waals surface area contributed by atoms with Crippen molar-refractivity contribution in [3.8, 4) is 5.75 Å². The molecule has 3 heterocycles. The Labute approximate surface area is 173 Å². The van der Waals surface area contributed by atoms with E-state index in [2.05, 4.69) is 59.4 Å². The van der Waals surface area contributed by atoms with Crippen LogP contribution < -0.4 is 4.74 Å². The number of carbonyl (C=O) groups is 1. The molecular formula is C24H33N3O2. The average molecular weight is 396 g/mol. The Morgan fingerprint density at radius 1 is 1.10 bits per heavy atom. The van der Waals surface area contributed by atoms with Crippen molar-refractivity contribution in [2.75, 3.05) is 19.6 Å². The third-order valence-electron chi connectivity index (χ3n) is 6.99. The highest BCUT2D eigenvalue weighted by Crippen LogP contribution is 2.34. The van der Waals surface area contributed by atoms with E-state index >= 15 is 0 Å². The second-order valence-corrected chi connectivity index (χ2v) is 9.56. The molecule has 1 aromatic heterocycles. The molecule has 0 spiro atoms. The van der Waals surface area contributed by atoms with Gasteiger partial charge in [-0.2, -0.15) is 0 Å². The molecular weight excluding hydrogens is 362 g/mol. The summed E-state index contributed by atoms with van der Waals surface area (Å²) >= 11 is 0. The van der Waals surface area contributed by atoms with E-state index in [1.54, 1.807) is 0 Å². The first-order chi connectivity index (χ1) is 14.0. The van der Waals surface area contributed by atoms with E-state index in [1.165, 1.54) is 12.8 Å². The lowest BCUT2D eigenvalue weighted by atomic mass is 10.1. The van der Waals surface area contributed by atoms with Crippen LogP contribution >= 0.6 is 0 Å². The van der Waals surface area contributed by atoms with E-state index in [1.807, 2.05) is 0 Å². The number of likely N-dealkylation sites (tertiary alicyclic amines) is 1. The third-order valence-corrected chi connectivity index (χ3v) is 6.99. The molecule has 5 nitrogen and oxygen atoms in total. The first-order valence-corrected chi connectivity index (χ1v) is 11.3. The number of amides is 1. The summed E-state index contributed by atoms with van der Waals surface area (Å²) in [5.74, 6) is 1.84. The monoisotopic (exact) mass is 395 g/mol. The van der Waals surface area contributed by atoms with Gasteiger partial charge in [0.25, 0.3) is 5.91 Å². The van der Waals surface area contributed by atoms with Crippen LogP contribution in [0.1, 0.15) is 56.9 Å². The second kappa shape index (κ2) is 7.35. The number of hydrogen-bond acceptors (Lipinski definition) is 3. The fraction of sp³-hybridized carbons (Fsp3) is 0.625. The number of benzene rings is 1. The largest absolute Gasteiger partial charge is 0.490 e. The Kier molecular flexibility index (Phi) is 4.81. The molecule has 3 aliphatic rings. The number of fused-ring (bicyclic) bond motifs is 3. The van der Waals surface area contributed by atoms with Crippen molar-refractivity contribution in [2.45, 2.75) is 71.2 Å². The van der Waals surface area contributed by atoms with Gasteiger partial charge in [0, 0.05) is 49.2 Å². The van der Waals surface area contributed by atoms with Crippen LogP contribution in [0.25, 0.3) is 10.9 Å². The average Bonchev–Trinajstić information content (AvgIpc) is 3.45. The van der Waals surface area contributed by atoms with E-state index in [-0.39, 0.29) is 18.1 Å². The van der Waals surface area contributed by atoms with Gasteiger partial charge >= 0.3 is 0 Å². The molecule has 5 heteroatoms. The van der Waals surface area contributed by atoms with E-state index < -0.39 is 0 Å². The van der Waals surface area contributed by atoms with E-state index in [0.717, 1.165) is 67.3 Å².